The third-order valence-corrected chi connectivity index (χ3v) is 2.87. The van der Waals surface area contributed by atoms with Gasteiger partial charge in [-0.3, -0.25) is 0 Å². The van der Waals surface area contributed by atoms with Gasteiger partial charge in [-0.15, -0.1) is 0 Å². The fourth-order valence-corrected chi connectivity index (χ4v) is 2.22. The molecular weight excluding hydrogens is 160 g/mol. The lowest BCUT2D eigenvalue weighted by molar-refractivity contribution is 0.216. The minimum atomic E-state index is 0.696. The van der Waals surface area contributed by atoms with Crippen LogP contribution in [0.15, 0.2) is 0 Å². The Morgan fingerprint density at radius 2 is 2.31 bits per heavy atom. The van der Waals surface area contributed by atoms with E-state index < -0.39 is 0 Å². The van der Waals surface area contributed by atoms with E-state index in [0.29, 0.717) is 6.04 Å². The van der Waals surface area contributed by atoms with Crippen molar-refractivity contribution in [1.82, 2.24) is 10.2 Å². The first-order valence-corrected chi connectivity index (χ1v) is 5.67. The zero-order valence-electron chi connectivity index (χ0n) is 9.34. The van der Waals surface area contributed by atoms with Gasteiger partial charge in [0, 0.05) is 18.6 Å². The molecule has 0 spiro atoms. The summed E-state index contributed by atoms with van der Waals surface area (Å²) in [5.41, 5.74) is 0. The maximum absolute atomic E-state index is 3.71. The predicted molar refractivity (Wildman–Crippen MR) is 58.0 cm³/mol. The third-order valence-electron chi connectivity index (χ3n) is 2.87. The van der Waals surface area contributed by atoms with Gasteiger partial charge < -0.3 is 10.2 Å². The Morgan fingerprint density at radius 3 is 2.92 bits per heavy atom. The number of likely N-dealkylation sites (N-methyl/N-ethyl adjacent to an activating group) is 1. The largest absolute Gasteiger partial charge is 0.310 e. The van der Waals surface area contributed by atoms with Gasteiger partial charge in [0.15, 0.2) is 0 Å². The molecule has 1 aliphatic heterocycles. The van der Waals surface area contributed by atoms with Crippen molar-refractivity contribution >= 4 is 0 Å². The zero-order valence-corrected chi connectivity index (χ0v) is 9.34. The highest BCUT2D eigenvalue weighted by molar-refractivity contribution is 4.78. The van der Waals surface area contributed by atoms with Crippen LogP contribution in [0.1, 0.15) is 39.5 Å². The van der Waals surface area contributed by atoms with Gasteiger partial charge in [-0.25, -0.2) is 0 Å². The van der Waals surface area contributed by atoms with Gasteiger partial charge >= 0.3 is 0 Å². The quantitative estimate of drug-likeness (QED) is 0.717. The number of hydrogen-bond acceptors (Lipinski definition) is 2. The fourth-order valence-electron chi connectivity index (χ4n) is 2.22. The molecule has 2 atom stereocenters. The summed E-state index contributed by atoms with van der Waals surface area (Å²) in [6, 6.07) is 1.43. The van der Waals surface area contributed by atoms with E-state index in [-0.39, 0.29) is 0 Å². The average molecular weight is 184 g/mol. The van der Waals surface area contributed by atoms with Crippen molar-refractivity contribution in [3.8, 4) is 0 Å². The summed E-state index contributed by atoms with van der Waals surface area (Å²) < 4.78 is 0. The third kappa shape index (κ3) is 4.10. The van der Waals surface area contributed by atoms with E-state index in [2.05, 4.69) is 31.1 Å². The van der Waals surface area contributed by atoms with E-state index in [9.17, 15) is 0 Å². The second-order valence-electron chi connectivity index (χ2n) is 4.46. The number of piperidine rings is 1. The Kier molecular flexibility index (Phi) is 4.74. The van der Waals surface area contributed by atoms with E-state index in [1.165, 1.54) is 38.8 Å². The van der Waals surface area contributed by atoms with Crippen LogP contribution in [0.3, 0.4) is 0 Å². The Morgan fingerprint density at radius 1 is 1.54 bits per heavy atom. The first kappa shape index (κ1) is 11.0. The molecule has 1 aliphatic rings. The van der Waals surface area contributed by atoms with Crippen LogP contribution in [-0.2, 0) is 0 Å². The van der Waals surface area contributed by atoms with Crippen LogP contribution in [0.25, 0.3) is 0 Å². The second kappa shape index (κ2) is 5.61. The summed E-state index contributed by atoms with van der Waals surface area (Å²) in [5.74, 6) is 0. The zero-order chi connectivity index (χ0) is 9.68. The molecule has 2 unspecified atom stereocenters. The van der Waals surface area contributed by atoms with Gasteiger partial charge in [-0.2, -0.15) is 0 Å². The molecule has 0 bridgehead atoms. The van der Waals surface area contributed by atoms with Crippen molar-refractivity contribution in [2.24, 2.45) is 0 Å². The summed E-state index contributed by atoms with van der Waals surface area (Å²) >= 11 is 0. The monoisotopic (exact) mass is 184 g/mol. The van der Waals surface area contributed by atoms with Crippen LogP contribution in [0.5, 0.6) is 0 Å². The van der Waals surface area contributed by atoms with Gasteiger partial charge in [0.05, 0.1) is 0 Å². The molecule has 0 saturated carbocycles. The molecule has 1 N–H and O–H groups in total. The van der Waals surface area contributed by atoms with Crippen LogP contribution in [0.2, 0.25) is 0 Å². The number of nitrogens with zero attached hydrogens (tertiary/aromatic N) is 1. The Balaban J connectivity index is 2.19. The molecule has 0 aromatic rings. The summed E-state index contributed by atoms with van der Waals surface area (Å²) in [6.07, 6.45) is 5.31. The summed E-state index contributed by atoms with van der Waals surface area (Å²) in [6.45, 7) is 7.07. The van der Waals surface area contributed by atoms with Gasteiger partial charge in [-0.1, -0.05) is 13.3 Å². The SMILES string of the molecule is CCCC(C)NC1CCCN(C)C1. The van der Waals surface area contributed by atoms with Crippen molar-refractivity contribution in [2.45, 2.75) is 51.6 Å². The first-order chi connectivity index (χ1) is 6.22. The maximum Gasteiger partial charge on any atom is 0.0197 e. The maximum atomic E-state index is 3.71. The van der Waals surface area contributed by atoms with E-state index in [0.717, 1.165) is 6.04 Å². The molecule has 1 heterocycles. The normalized spacial score (nSPS) is 27.5. The molecule has 0 aromatic heterocycles. The summed E-state index contributed by atoms with van der Waals surface area (Å²) in [7, 11) is 2.22. The van der Waals surface area contributed by atoms with Crippen molar-refractivity contribution in [2.75, 3.05) is 20.1 Å². The van der Waals surface area contributed by atoms with E-state index in [1.807, 2.05) is 0 Å². The van der Waals surface area contributed by atoms with Gasteiger partial charge in [-0.05, 0) is 39.8 Å². The second-order valence-corrected chi connectivity index (χ2v) is 4.46. The van der Waals surface area contributed by atoms with E-state index in [1.54, 1.807) is 0 Å². The smallest absolute Gasteiger partial charge is 0.0197 e. The molecule has 0 radical (unpaired) electrons. The fraction of sp³-hybridized carbons (Fsp3) is 1.00. The highest BCUT2D eigenvalue weighted by Gasteiger charge is 2.17. The Bertz CT molecular complexity index is 136. The highest BCUT2D eigenvalue weighted by Crippen LogP contribution is 2.09. The first-order valence-electron chi connectivity index (χ1n) is 5.67. The molecule has 78 valence electrons. The molecule has 0 aromatic carbocycles. The highest BCUT2D eigenvalue weighted by atomic mass is 15.1. The number of likely N-dealkylation sites (tertiary alicyclic amines) is 1. The molecular formula is C11H24N2. The molecule has 0 amide bonds. The molecule has 2 nitrogen and oxygen atoms in total. The molecule has 2 heteroatoms. The molecule has 13 heavy (non-hydrogen) atoms. The number of nitrogens with one attached hydrogen (secondary N) is 1. The Labute approximate surface area is 82.7 Å². The predicted octanol–water partition coefficient (Wildman–Crippen LogP) is 1.86. The van der Waals surface area contributed by atoms with Gasteiger partial charge in [0.1, 0.15) is 0 Å². The van der Waals surface area contributed by atoms with Gasteiger partial charge in [0.25, 0.3) is 0 Å². The van der Waals surface area contributed by atoms with Crippen molar-refractivity contribution < 1.29 is 0 Å². The van der Waals surface area contributed by atoms with Crippen LogP contribution in [-0.4, -0.2) is 37.1 Å². The lowest BCUT2D eigenvalue weighted by Crippen LogP contribution is -2.47. The van der Waals surface area contributed by atoms with Crippen molar-refractivity contribution in [3.63, 3.8) is 0 Å². The Hall–Kier alpha value is -0.0800. The summed E-state index contributed by atoms with van der Waals surface area (Å²) in [5, 5.41) is 3.71. The molecule has 1 rings (SSSR count). The average Bonchev–Trinajstić information content (AvgIpc) is 2.04. The minimum absolute atomic E-state index is 0.696. The van der Waals surface area contributed by atoms with Crippen molar-refractivity contribution in [3.05, 3.63) is 0 Å². The van der Waals surface area contributed by atoms with Crippen LogP contribution < -0.4 is 5.32 Å². The standard InChI is InChI=1S/C11H24N2/c1-4-6-10(2)12-11-7-5-8-13(3)9-11/h10-12H,4-9H2,1-3H3. The van der Waals surface area contributed by atoms with Crippen molar-refractivity contribution in [1.29, 1.82) is 0 Å². The van der Waals surface area contributed by atoms with Crippen LogP contribution in [0, 0.1) is 0 Å². The topological polar surface area (TPSA) is 15.3 Å². The lowest BCUT2D eigenvalue weighted by atomic mass is 10.0. The summed E-state index contributed by atoms with van der Waals surface area (Å²) in [4.78, 5) is 2.43. The number of hydrogen-bond donors (Lipinski definition) is 1. The minimum Gasteiger partial charge on any atom is -0.310 e. The van der Waals surface area contributed by atoms with E-state index >= 15 is 0 Å². The number of rotatable bonds is 4. The lowest BCUT2D eigenvalue weighted by Gasteiger charge is -2.32. The molecule has 1 saturated heterocycles. The van der Waals surface area contributed by atoms with E-state index in [4.69, 9.17) is 0 Å². The van der Waals surface area contributed by atoms with Crippen LogP contribution >= 0.6 is 0 Å². The van der Waals surface area contributed by atoms with Crippen LogP contribution in [0.4, 0.5) is 0 Å². The molecule has 0 aliphatic carbocycles. The van der Waals surface area contributed by atoms with Gasteiger partial charge in [0.2, 0.25) is 0 Å². The molecule has 1 fully saturated rings.